The smallest absolute Gasteiger partial charge is 0.307 e. The van der Waals surface area contributed by atoms with Gasteiger partial charge in [-0.25, -0.2) is 15.0 Å². The summed E-state index contributed by atoms with van der Waals surface area (Å²) in [6.07, 6.45) is 3.46. The molecule has 0 amide bonds. The molecule has 0 spiro atoms. The highest BCUT2D eigenvalue weighted by Gasteiger charge is 2.16. The largest absolute Gasteiger partial charge is 0.481 e. The molecule has 0 bridgehead atoms. The van der Waals surface area contributed by atoms with Crippen LogP contribution in [0.15, 0.2) is 54.3 Å². The second kappa shape index (κ2) is 8.37. The van der Waals surface area contributed by atoms with E-state index in [1.807, 2.05) is 42.6 Å². The van der Waals surface area contributed by atoms with Crippen molar-refractivity contribution in [3.8, 4) is 11.4 Å². The lowest BCUT2D eigenvalue weighted by Gasteiger charge is -2.08. The van der Waals surface area contributed by atoms with Crippen molar-refractivity contribution in [2.45, 2.75) is 13.0 Å². The molecule has 0 aliphatic rings. The van der Waals surface area contributed by atoms with E-state index < -0.39 is 5.97 Å². The number of carboxylic acid groups (broad SMARTS) is 1. The van der Waals surface area contributed by atoms with Gasteiger partial charge in [-0.3, -0.25) is 4.79 Å². The first-order valence-corrected chi connectivity index (χ1v) is 12.1. The molecule has 0 radical (unpaired) electrons. The number of hydrogen-bond acceptors (Lipinski definition) is 6. The fourth-order valence-corrected chi connectivity index (χ4v) is 5.55. The highest BCUT2D eigenvalue weighted by atomic mass is 35.5. The first-order chi connectivity index (χ1) is 17.0. The van der Waals surface area contributed by atoms with Crippen LogP contribution in [0.25, 0.3) is 43.5 Å². The number of benzene rings is 2. The molecule has 4 heterocycles. The Balaban J connectivity index is 1.50. The molecule has 0 aliphatic heterocycles. The Morgan fingerprint density at radius 2 is 2.06 bits per heavy atom. The van der Waals surface area contributed by atoms with Crippen molar-refractivity contribution < 1.29 is 9.90 Å². The van der Waals surface area contributed by atoms with Crippen LogP contribution >= 0.6 is 22.9 Å². The van der Waals surface area contributed by atoms with Crippen molar-refractivity contribution in [2.75, 3.05) is 12.4 Å². The lowest BCUT2D eigenvalue weighted by atomic mass is 10.1. The molecule has 0 atom stereocenters. The second-order valence-corrected chi connectivity index (χ2v) is 9.58. The fourth-order valence-electron chi connectivity index (χ4n) is 4.44. The summed E-state index contributed by atoms with van der Waals surface area (Å²) < 4.78 is 3.25. The standard InChI is InChI=1S/C25H19ClN6O2S/c1-27-24-22-25(29-12-28-22)31-23(30-24)13-2-4-17-14(7-21(33)34)9-32(19(17)6-13)10-15-11-35-20-5-3-16(26)8-18(15)20/h2-6,8-9,11-12H,7,10H2,1H3,(H,33,34)(H2,27,28,29,30,31). The average Bonchev–Trinajstić information content (AvgIpc) is 3.56. The molecule has 0 aliphatic carbocycles. The Kier molecular flexibility index (Phi) is 5.16. The first kappa shape index (κ1) is 21.6. The maximum atomic E-state index is 11.5. The minimum absolute atomic E-state index is 0.0569. The van der Waals surface area contributed by atoms with Gasteiger partial charge in [-0.2, -0.15) is 0 Å². The van der Waals surface area contributed by atoms with E-state index in [9.17, 15) is 9.90 Å². The summed E-state index contributed by atoms with van der Waals surface area (Å²) in [6, 6.07) is 11.8. The van der Waals surface area contributed by atoms with Gasteiger partial charge in [0.1, 0.15) is 5.52 Å². The molecule has 2 aromatic carbocycles. The molecule has 35 heavy (non-hydrogen) atoms. The molecule has 6 rings (SSSR count). The maximum absolute atomic E-state index is 11.5. The summed E-state index contributed by atoms with van der Waals surface area (Å²) in [5.41, 5.74) is 4.94. The number of nitrogens with one attached hydrogen (secondary N) is 2. The summed E-state index contributed by atoms with van der Waals surface area (Å²) >= 11 is 7.93. The predicted molar refractivity (Wildman–Crippen MR) is 139 cm³/mol. The summed E-state index contributed by atoms with van der Waals surface area (Å²) in [6.45, 7) is 0.584. The normalized spacial score (nSPS) is 11.6. The van der Waals surface area contributed by atoms with E-state index in [1.165, 1.54) is 0 Å². The van der Waals surface area contributed by atoms with Crippen LogP contribution in [-0.2, 0) is 17.8 Å². The number of halogens is 1. The number of thiophene rings is 1. The van der Waals surface area contributed by atoms with Crippen molar-refractivity contribution in [1.82, 2.24) is 24.5 Å². The lowest BCUT2D eigenvalue weighted by molar-refractivity contribution is -0.136. The third kappa shape index (κ3) is 3.78. The lowest BCUT2D eigenvalue weighted by Crippen LogP contribution is -2.00. The molecule has 0 fully saturated rings. The van der Waals surface area contributed by atoms with E-state index in [-0.39, 0.29) is 6.42 Å². The number of carboxylic acids is 1. The van der Waals surface area contributed by atoms with Gasteiger partial charge < -0.3 is 20.0 Å². The number of H-pyrrole nitrogens is 1. The van der Waals surface area contributed by atoms with Gasteiger partial charge in [0, 0.05) is 46.0 Å². The predicted octanol–water partition coefficient (Wildman–Crippen LogP) is 5.56. The summed E-state index contributed by atoms with van der Waals surface area (Å²) in [5, 5.41) is 17.4. The van der Waals surface area contributed by atoms with Crippen molar-refractivity contribution in [2.24, 2.45) is 0 Å². The Bertz CT molecular complexity index is 1750. The van der Waals surface area contributed by atoms with Crippen molar-refractivity contribution in [1.29, 1.82) is 0 Å². The van der Waals surface area contributed by atoms with Crippen LogP contribution in [0, 0.1) is 0 Å². The van der Waals surface area contributed by atoms with Gasteiger partial charge in [0.15, 0.2) is 17.3 Å². The second-order valence-electron chi connectivity index (χ2n) is 8.23. The molecular formula is C25H19ClN6O2S. The van der Waals surface area contributed by atoms with Crippen LogP contribution in [0.4, 0.5) is 5.82 Å². The average molecular weight is 503 g/mol. The van der Waals surface area contributed by atoms with Crippen LogP contribution in [0.3, 0.4) is 0 Å². The number of rotatable bonds is 6. The summed E-state index contributed by atoms with van der Waals surface area (Å²) in [4.78, 5) is 28.2. The van der Waals surface area contributed by atoms with Gasteiger partial charge in [0.25, 0.3) is 0 Å². The number of aromatic nitrogens is 5. The zero-order valence-electron chi connectivity index (χ0n) is 18.5. The number of imidazole rings is 1. The van der Waals surface area contributed by atoms with Gasteiger partial charge in [0.05, 0.1) is 12.7 Å². The van der Waals surface area contributed by atoms with Crippen LogP contribution in [0.5, 0.6) is 0 Å². The van der Waals surface area contributed by atoms with Crippen LogP contribution in [-0.4, -0.2) is 42.6 Å². The van der Waals surface area contributed by atoms with Crippen molar-refractivity contribution >= 4 is 66.9 Å². The highest BCUT2D eigenvalue weighted by Crippen LogP contribution is 2.33. The Morgan fingerprint density at radius 1 is 1.17 bits per heavy atom. The highest BCUT2D eigenvalue weighted by molar-refractivity contribution is 7.17. The summed E-state index contributed by atoms with van der Waals surface area (Å²) in [5.74, 6) is 0.328. The zero-order chi connectivity index (χ0) is 24.1. The molecule has 6 aromatic rings. The Morgan fingerprint density at radius 3 is 2.89 bits per heavy atom. The number of fused-ring (bicyclic) bond motifs is 3. The fraction of sp³-hybridized carbons (Fsp3) is 0.120. The van der Waals surface area contributed by atoms with Gasteiger partial charge >= 0.3 is 5.97 Å². The van der Waals surface area contributed by atoms with Gasteiger partial charge in [0.2, 0.25) is 0 Å². The van der Waals surface area contributed by atoms with Crippen molar-refractivity contribution in [3.63, 3.8) is 0 Å². The molecule has 8 nitrogen and oxygen atoms in total. The van der Waals surface area contributed by atoms with Crippen LogP contribution in [0.2, 0.25) is 5.02 Å². The van der Waals surface area contributed by atoms with E-state index in [0.29, 0.717) is 28.9 Å². The molecular weight excluding hydrogens is 484 g/mol. The Hall–Kier alpha value is -3.95. The Labute approximate surface area is 208 Å². The molecule has 0 saturated heterocycles. The minimum Gasteiger partial charge on any atom is -0.481 e. The molecule has 0 unspecified atom stereocenters. The minimum atomic E-state index is -0.869. The molecule has 3 N–H and O–H groups in total. The van der Waals surface area contributed by atoms with Crippen LogP contribution in [0.1, 0.15) is 11.1 Å². The van der Waals surface area contributed by atoms with E-state index in [0.717, 1.165) is 43.2 Å². The maximum Gasteiger partial charge on any atom is 0.307 e. The van der Waals surface area contributed by atoms with Crippen LogP contribution < -0.4 is 5.32 Å². The summed E-state index contributed by atoms with van der Waals surface area (Å²) in [7, 11) is 1.80. The zero-order valence-corrected chi connectivity index (χ0v) is 20.1. The van der Waals surface area contributed by atoms with Gasteiger partial charge in [-0.05, 0) is 46.2 Å². The number of carbonyl (C=O) groups is 1. The third-order valence-electron chi connectivity index (χ3n) is 6.04. The van der Waals surface area contributed by atoms with Crippen molar-refractivity contribution in [3.05, 3.63) is 70.5 Å². The number of hydrogen-bond donors (Lipinski definition) is 3. The van der Waals surface area contributed by atoms with E-state index >= 15 is 0 Å². The number of nitrogens with zero attached hydrogens (tertiary/aromatic N) is 4. The molecule has 0 saturated carbocycles. The van der Waals surface area contributed by atoms with Gasteiger partial charge in [-0.15, -0.1) is 11.3 Å². The number of aromatic amines is 1. The third-order valence-corrected chi connectivity index (χ3v) is 7.29. The van der Waals surface area contributed by atoms with E-state index in [4.69, 9.17) is 11.6 Å². The van der Waals surface area contributed by atoms with Gasteiger partial charge in [-0.1, -0.05) is 23.7 Å². The first-order valence-electron chi connectivity index (χ1n) is 10.9. The quantitative estimate of drug-likeness (QED) is 0.275. The topological polar surface area (TPSA) is 109 Å². The number of aliphatic carboxylic acids is 1. The number of anilines is 1. The molecule has 10 heteroatoms. The van der Waals surface area contributed by atoms with E-state index in [2.05, 4.69) is 35.2 Å². The van der Waals surface area contributed by atoms with E-state index in [1.54, 1.807) is 24.7 Å². The monoisotopic (exact) mass is 502 g/mol. The SMILES string of the molecule is CNc1nc(-c2ccc3c(CC(=O)O)cn(Cc4csc5ccc(Cl)cc45)c3c2)nc2nc[nH]c12. The molecule has 4 aromatic heterocycles. The molecule has 174 valence electrons.